The van der Waals surface area contributed by atoms with Crippen molar-refractivity contribution in [2.75, 3.05) is 24.2 Å². The molecule has 0 saturated heterocycles. The van der Waals surface area contributed by atoms with E-state index >= 15 is 0 Å². The fraction of sp³-hybridized carbons (Fsp3) is 0.214. The number of carbonyl (C=O) groups is 2. The van der Waals surface area contributed by atoms with Gasteiger partial charge in [-0.3, -0.25) is 13.3 Å². The van der Waals surface area contributed by atoms with Gasteiger partial charge in [-0.1, -0.05) is 11.6 Å². The molecule has 1 aliphatic rings. The van der Waals surface area contributed by atoms with Crippen LogP contribution in [0.1, 0.15) is 50.6 Å². The predicted molar refractivity (Wildman–Crippen MR) is 149 cm³/mol. The van der Waals surface area contributed by atoms with Crippen LogP contribution >= 0.6 is 11.6 Å². The number of esters is 1. The molecule has 0 aliphatic heterocycles. The topological polar surface area (TPSA) is 138 Å². The number of nitrogens with zero attached hydrogens (tertiary/aromatic N) is 1. The van der Waals surface area contributed by atoms with Crippen molar-refractivity contribution in [2.24, 2.45) is 0 Å². The summed E-state index contributed by atoms with van der Waals surface area (Å²) in [6.07, 6.45) is 1.80. The fourth-order valence-corrected chi connectivity index (χ4v) is 5.41. The van der Waals surface area contributed by atoms with Crippen LogP contribution in [0.5, 0.6) is 0 Å². The number of hydrogen-bond donors (Lipinski definition) is 2. The zero-order valence-corrected chi connectivity index (χ0v) is 23.0. The maximum atomic E-state index is 13.6. The van der Waals surface area contributed by atoms with Crippen molar-refractivity contribution in [1.82, 2.24) is 5.32 Å². The Morgan fingerprint density at radius 1 is 1.23 bits per heavy atom. The van der Waals surface area contributed by atoms with Gasteiger partial charge in [0.2, 0.25) is 0 Å². The molecule has 4 aromatic rings. The molecule has 12 heteroatoms. The maximum Gasteiger partial charge on any atom is 0.340 e. The van der Waals surface area contributed by atoms with Crippen LogP contribution in [0.25, 0.3) is 22.3 Å². The van der Waals surface area contributed by atoms with E-state index in [1.165, 1.54) is 50.6 Å². The number of hydrogen-bond acceptors (Lipinski definition) is 7. The number of carbonyl (C=O) groups excluding carboxylic acids is 2. The van der Waals surface area contributed by atoms with E-state index in [0.717, 1.165) is 22.7 Å². The third-order valence-electron chi connectivity index (χ3n) is 6.83. The van der Waals surface area contributed by atoms with Gasteiger partial charge in [-0.15, -0.1) is 0 Å². The number of nitrogens with one attached hydrogen (secondary N) is 1. The van der Waals surface area contributed by atoms with Gasteiger partial charge in [0.25, 0.3) is 5.91 Å². The Morgan fingerprint density at radius 2 is 1.93 bits per heavy atom. The van der Waals surface area contributed by atoms with E-state index in [1.807, 2.05) is 6.07 Å². The number of amides is 1. The molecule has 1 heterocycles. The number of anilines is 2. The van der Waals surface area contributed by atoms with Crippen molar-refractivity contribution < 1.29 is 31.9 Å². The quantitative estimate of drug-likeness (QED) is 0.163. The molecule has 1 fully saturated rings. The third kappa shape index (κ3) is 5.15. The standard InChI is InChI=1S/C28H25ClFN3O6S/c1-32-27(34)24-20-12-19(14-3-4-14)16(9-23(20)39-26(24)15-5-7-17(30)8-6-15)13-33(40(36)37)18-10-21(28(35)38-2)25(31)22(29)11-18/h5-12,14H,3-4,13,31H2,1-2H3,(H,32,34)(H,36,37)/p-1. The van der Waals surface area contributed by atoms with Gasteiger partial charge in [0.05, 0.1) is 41.2 Å². The number of fused-ring (bicyclic) bond motifs is 1. The Kier molecular flexibility index (Phi) is 7.54. The van der Waals surface area contributed by atoms with Crippen LogP contribution in [0.4, 0.5) is 15.8 Å². The van der Waals surface area contributed by atoms with Crippen LogP contribution < -0.4 is 15.4 Å². The first-order valence-corrected chi connectivity index (χ1v) is 13.7. The van der Waals surface area contributed by atoms with E-state index in [4.69, 9.17) is 26.5 Å². The minimum absolute atomic E-state index is 0.00332. The summed E-state index contributed by atoms with van der Waals surface area (Å²) in [4.78, 5) is 25.2. The number of rotatable bonds is 8. The van der Waals surface area contributed by atoms with Gasteiger partial charge in [-0.05, 0) is 78.4 Å². The summed E-state index contributed by atoms with van der Waals surface area (Å²) >= 11 is 3.47. The Morgan fingerprint density at radius 3 is 2.52 bits per heavy atom. The Balaban J connectivity index is 1.65. The highest BCUT2D eigenvalue weighted by Gasteiger charge is 2.30. The number of furan rings is 1. The van der Waals surface area contributed by atoms with Gasteiger partial charge >= 0.3 is 5.97 Å². The lowest BCUT2D eigenvalue weighted by Gasteiger charge is -2.28. The first-order valence-electron chi connectivity index (χ1n) is 12.2. The van der Waals surface area contributed by atoms with E-state index in [-0.39, 0.29) is 46.1 Å². The average molecular weight is 585 g/mol. The highest BCUT2D eigenvalue weighted by Crippen LogP contribution is 2.45. The molecule has 1 amide bonds. The Hall–Kier alpha value is -3.93. The van der Waals surface area contributed by atoms with E-state index in [0.29, 0.717) is 27.7 Å². The number of ether oxygens (including phenoxy) is 1. The number of nitrogen functional groups attached to an aromatic ring is 1. The predicted octanol–water partition coefficient (Wildman–Crippen LogP) is 5.30. The molecule has 0 spiro atoms. The molecule has 1 unspecified atom stereocenters. The fourth-order valence-electron chi connectivity index (χ4n) is 4.68. The van der Waals surface area contributed by atoms with E-state index in [1.54, 1.807) is 6.07 Å². The van der Waals surface area contributed by atoms with Crippen molar-refractivity contribution in [1.29, 1.82) is 0 Å². The van der Waals surface area contributed by atoms with Gasteiger partial charge in [0, 0.05) is 29.3 Å². The molecule has 5 rings (SSSR count). The third-order valence-corrected chi connectivity index (χ3v) is 7.84. The summed E-state index contributed by atoms with van der Waals surface area (Å²) < 4.78 is 50.4. The van der Waals surface area contributed by atoms with Crippen LogP contribution in [0.2, 0.25) is 5.02 Å². The molecule has 1 aliphatic carbocycles. The maximum absolute atomic E-state index is 13.6. The van der Waals surface area contributed by atoms with Gasteiger partial charge in [0.15, 0.2) is 0 Å². The smallest absolute Gasteiger partial charge is 0.340 e. The van der Waals surface area contributed by atoms with Gasteiger partial charge in [-0.2, -0.15) is 0 Å². The molecule has 3 N–H and O–H groups in total. The molecule has 3 aromatic carbocycles. The molecule has 1 atom stereocenters. The lowest BCUT2D eigenvalue weighted by molar-refractivity contribution is 0.0601. The zero-order chi connectivity index (χ0) is 28.7. The summed E-state index contributed by atoms with van der Waals surface area (Å²) in [6, 6.07) is 11.8. The summed E-state index contributed by atoms with van der Waals surface area (Å²) in [5.41, 5.74) is 8.64. The first-order chi connectivity index (χ1) is 19.1. The van der Waals surface area contributed by atoms with Crippen LogP contribution in [0.15, 0.2) is 52.9 Å². The average Bonchev–Trinajstić information content (AvgIpc) is 3.72. The molecule has 208 valence electrons. The van der Waals surface area contributed by atoms with E-state index in [2.05, 4.69) is 5.32 Å². The van der Waals surface area contributed by atoms with Crippen molar-refractivity contribution in [2.45, 2.75) is 25.3 Å². The summed E-state index contributed by atoms with van der Waals surface area (Å²) in [7, 11) is 2.69. The van der Waals surface area contributed by atoms with Gasteiger partial charge in [-0.25, -0.2) is 9.18 Å². The van der Waals surface area contributed by atoms with Crippen LogP contribution in [-0.4, -0.2) is 34.8 Å². The second-order valence-electron chi connectivity index (χ2n) is 9.35. The molecular weight excluding hydrogens is 561 g/mol. The van der Waals surface area contributed by atoms with Crippen molar-refractivity contribution >= 4 is 57.1 Å². The van der Waals surface area contributed by atoms with Crippen molar-refractivity contribution in [3.63, 3.8) is 0 Å². The Labute approximate surface area is 236 Å². The minimum Gasteiger partial charge on any atom is -0.755 e. The monoisotopic (exact) mass is 584 g/mol. The molecule has 9 nitrogen and oxygen atoms in total. The molecular formula is C28H24ClFN3O6S-. The normalized spacial score (nSPS) is 13.7. The van der Waals surface area contributed by atoms with Crippen molar-refractivity contribution in [3.05, 3.63) is 81.6 Å². The summed E-state index contributed by atoms with van der Waals surface area (Å²) in [5, 5.41) is 3.19. The highest BCUT2D eigenvalue weighted by molar-refractivity contribution is 7.80. The minimum atomic E-state index is -2.77. The second kappa shape index (κ2) is 10.9. The number of methoxy groups -OCH3 is 1. The van der Waals surface area contributed by atoms with Crippen molar-refractivity contribution in [3.8, 4) is 11.3 Å². The number of halogens is 2. The molecule has 40 heavy (non-hydrogen) atoms. The van der Waals surface area contributed by atoms with Crippen LogP contribution in [-0.2, 0) is 22.5 Å². The SMILES string of the molecule is CNC(=O)c1c(-c2ccc(F)cc2)oc2cc(CN(c3cc(Cl)c(N)c(C(=O)OC)c3)S(=O)[O-])c(C3CC3)cc12. The molecule has 1 saturated carbocycles. The molecule has 1 aromatic heterocycles. The summed E-state index contributed by atoms with van der Waals surface area (Å²) in [5.74, 6) is -1.12. The Bertz CT molecular complexity index is 1670. The number of nitrogens with two attached hydrogens (primary N) is 1. The molecule has 0 bridgehead atoms. The van der Waals surface area contributed by atoms with Crippen LogP contribution in [0.3, 0.4) is 0 Å². The first kappa shape index (κ1) is 27.6. The molecule has 0 radical (unpaired) electrons. The summed E-state index contributed by atoms with van der Waals surface area (Å²) in [6.45, 7) is -0.110. The second-order valence-corrected chi connectivity index (χ2v) is 10.6. The largest absolute Gasteiger partial charge is 0.755 e. The van der Waals surface area contributed by atoms with Gasteiger partial charge < -0.3 is 24.8 Å². The van der Waals surface area contributed by atoms with E-state index in [9.17, 15) is 22.7 Å². The lowest BCUT2D eigenvalue weighted by Crippen LogP contribution is -2.26. The lowest BCUT2D eigenvalue weighted by atomic mass is 9.97. The number of benzene rings is 3. The highest BCUT2D eigenvalue weighted by atomic mass is 35.5. The van der Waals surface area contributed by atoms with Gasteiger partial charge in [0.1, 0.15) is 17.2 Å². The van der Waals surface area contributed by atoms with Crippen LogP contribution in [0, 0.1) is 5.82 Å². The van der Waals surface area contributed by atoms with E-state index < -0.39 is 23.1 Å². The zero-order valence-electron chi connectivity index (χ0n) is 21.5.